The quantitative estimate of drug-likeness (QED) is 0.810. The predicted molar refractivity (Wildman–Crippen MR) is 103 cm³/mol. The van der Waals surface area contributed by atoms with Gasteiger partial charge in [0.1, 0.15) is 5.75 Å². The first-order valence-electron chi connectivity index (χ1n) is 8.39. The Labute approximate surface area is 150 Å². The number of nitrogens with one attached hydrogen (secondary N) is 2. The van der Waals surface area contributed by atoms with E-state index in [9.17, 15) is 4.79 Å². The van der Waals surface area contributed by atoms with Crippen LogP contribution >= 0.6 is 0 Å². The van der Waals surface area contributed by atoms with Gasteiger partial charge in [-0.1, -0.05) is 18.2 Å². The molecule has 0 radical (unpaired) electrons. The molecule has 0 aliphatic carbocycles. The van der Waals surface area contributed by atoms with Crippen LogP contribution in [0.2, 0.25) is 0 Å². The smallest absolute Gasteiger partial charge is 0.241 e. The number of ether oxygens (including phenoxy) is 1. The molecule has 0 saturated carbocycles. The number of amides is 1. The second-order valence-electron chi connectivity index (χ2n) is 6.28. The van der Waals surface area contributed by atoms with Crippen LogP contribution in [0.1, 0.15) is 25.5 Å². The number of hydrogen-bond donors (Lipinski definition) is 2. The normalized spacial score (nSPS) is 13.0. The maximum atomic E-state index is 12.4. The summed E-state index contributed by atoms with van der Waals surface area (Å²) >= 11 is 0. The summed E-state index contributed by atoms with van der Waals surface area (Å²) in [7, 11) is 5.62. The SMILES string of the molecule is COc1ccccc1[C@@H](C)N[C@@H](C)C(=O)Nc1ccc(N(C)C)cc1. The van der Waals surface area contributed by atoms with Crippen molar-refractivity contribution < 1.29 is 9.53 Å². The van der Waals surface area contributed by atoms with Crippen molar-refractivity contribution in [1.82, 2.24) is 5.32 Å². The van der Waals surface area contributed by atoms with Gasteiger partial charge in [0, 0.05) is 37.1 Å². The molecule has 0 spiro atoms. The van der Waals surface area contributed by atoms with Crippen molar-refractivity contribution in [3.8, 4) is 5.75 Å². The van der Waals surface area contributed by atoms with E-state index in [1.54, 1.807) is 7.11 Å². The maximum absolute atomic E-state index is 12.4. The number of para-hydroxylation sites is 1. The van der Waals surface area contributed by atoms with E-state index < -0.39 is 0 Å². The highest BCUT2D eigenvalue weighted by Crippen LogP contribution is 2.24. The highest BCUT2D eigenvalue weighted by molar-refractivity contribution is 5.94. The van der Waals surface area contributed by atoms with Gasteiger partial charge in [0.15, 0.2) is 0 Å². The third-order valence-corrected chi connectivity index (χ3v) is 4.15. The van der Waals surface area contributed by atoms with Crippen LogP contribution < -0.4 is 20.3 Å². The van der Waals surface area contributed by atoms with Gasteiger partial charge in [-0.25, -0.2) is 0 Å². The van der Waals surface area contributed by atoms with Crippen molar-refractivity contribution in [1.29, 1.82) is 0 Å². The van der Waals surface area contributed by atoms with Crippen LogP contribution in [0, 0.1) is 0 Å². The lowest BCUT2D eigenvalue weighted by Crippen LogP contribution is -2.39. The minimum atomic E-state index is -0.339. The second-order valence-corrected chi connectivity index (χ2v) is 6.28. The minimum Gasteiger partial charge on any atom is -0.496 e. The summed E-state index contributed by atoms with van der Waals surface area (Å²) in [4.78, 5) is 14.5. The summed E-state index contributed by atoms with van der Waals surface area (Å²) in [6, 6.07) is 15.2. The first kappa shape index (κ1) is 18.8. The van der Waals surface area contributed by atoms with Crippen molar-refractivity contribution in [3.63, 3.8) is 0 Å². The van der Waals surface area contributed by atoms with Gasteiger partial charge >= 0.3 is 0 Å². The van der Waals surface area contributed by atoms with E-state index in [0.29, 0.717) is 0 Å². The third kappa shape index (κ3) is 4.97. The number of methoxy groups -OCH3 is 1. The Balaban J connectivity index is 1.97. The average molecular weight is 341 g/mol. The Morgan fingerprint density at radius 3 is 2.28 bits per heavy atom. The molecule has 0 aliphatic rings. The van der Waals surface area contributed by atoms with Gasteiger partial charge in [0.2, 0.25) is 5.91 Å². The first-order chi connectivity index (χ1) is 11.9. The van der Waals surface area contributed by atoms with Crippen LogP contribution in [-0.2, 0) is 4.79 Å². The summed E-state index contributed by atoms with van der Waals surface area (Å²) in [5.41, 5.74) is 2.91. The number of hydrogen-bond acceptors (Lipinski definition) is 4. The molecular formula is C20H27N3O2. The number of carbonyl (C=O) groups is 1. The van der Waals surface area contributed by atoms with Gasteiger partial charge in [-0.05, 0) is 44.2 Å². The molecule has 134 valence electrons. The highest BCUT2D eigenvalue weighted by Gasteiger charge is 2.18. The van der Waals surface area contributed by atoms with Gasteiger partial charge in [0.25, 0.3) is 0 Å². The molecule has 2 aromatic rings. The molecule has 1 amide bonds. The predicted octanol–water partition coefficient (Wildman–Crippen LogP) is 3.44. The zero-order chi connectivity index (χ0) is 18.4. The fourth-order valence-electron chi connectivity index (χ4n) is 2.66. The van der Waals surface area contributed by atoms with Crippen molar-refractivity contribution in [2.75, 3.05) is 31.4 Å². The zero-order valence-electron chi connectivity index (χ0n) is 15.5. The number of nitrogens with zero attached hydrogens (tertiary/aromatic N) is 1. The number of anilines is 2. The number of rotatable bonds is 7. The van der Waals surface area contributed by atoms with E-state index in [-0.39, 0.29) is 18.0 Å². The largest absolute Gasteiger partial charge is 0.496 e. The molecule has 0 fully saturated rings. The monoisotopic (exact) mass is 341 g/mol. The van der Waals surface area contributed by atoms with E-state index >= 15 is 0 Å². The highest BCUT2D eigenvalue weighted by atomic mass is 16.5. The fourth-order valence-corrected chi connectivity index (χ4v) is 2.66. The van der Waals surface area contributed by atoms with Crippen molar-refractivity contribution >= 4 is 17.3 Å². The Morgan fingerprint density at radius 2 is 1.68 bits per heavy atom. The van der Waals surface area contributed by atoms with E-state index in [4.69, 9.17) is 4.74 Å². The molecule has 0 heterocycles. The van der Waals surface area contributed by atoms with Crippen molar-refractivity contribution in [3.05, 3.63) is 54.1 Å². The molecule has 5 nitrogen and oxygen atoms in total. The van der Waals surface area contributed by atoms with Crippen LogP contribution in [0.5, 0.6) is 5.75 Å². The van der Waals surface area contributed by atoms with E-state index in [1.807, 2.05) is 81.4 Å². The first-order valence-corrected chi connectivity index (χ1v) is 8.39. The van der Waals surface area contributed by atoms with Gasteiger partial charge in [-0.15, -0.1) is 0 Å². The Morgan fingerprint density at radius 1 is 1.04 bits per heavy atom. The summed E-state index contributed by atoms with van der Waals surface area (Å²) in [6.45, 7) is 3.88. The molecule has 25 heavy (non-hydrogen) atoms. The average Bonchev–Trinajstić information content (AvgIpc) is 2.61. The molecule has 0 aromatic heterocycles. The molecular weight excluding hydrogens is 314 g/mol. The molecule has 2 atom stereocenters. The van der Waals surface area contributed by atoms with Crippen LogP contribution in [-0.4, -0.2) is 33.2 Å². The van der Waals surface area contributed by atoms with Crippen molar-refractivity contribution in [2.24, 2.45) is 0 Å². The molecule has 2 N–H and O–H groups in total. The Hall–Kier alpha value is -2.53. The van der Waals surface area contributed by atoms with E-state index in [0.717, 1.165) is 22.7 Å². The summed E-state index contributed by atoms with van der Waals surface area (Å²) in [5, 5.41) is 6.26. The number of carbonyl (C=O) groups excluding carboxylic acids is 1. The van der Waals surface area contributed by atoms with Crippen molar-refractivity contribution in [2.45, 2.75) is 25.9 Å². The lowest BCUT2D eigenvalue weighted by atomic mass is 10.1. The second kappa shape index (κ2) is 8.53. The number of benzene rings is 2. The van der Waals surface area contributed by atoms with Crippen LogP contribution in [0.25, 0.3) is 0 Å². The topological polar surface area (TPSA) is 53.6 Å². The van der Waals surface area contributed by atoms with E-state index in [2.05, 4.69) is 10.6 Å². The van der Waals surface area contributed by atoms with Crippen LogP contribution in [0.15, 0.2) is 48.5 Å². The lowest BCUT2D eigenvalue weighted by molar-refractivity contribution is -0.117. The minimum absolute atomic E-state index is 0.00647. The fraction of sp³-hybridized carbons (Fsp3) is 0.350. The molecule has 0 unspecified atom stereocenters. The molecule has 0 bridgehead atoms. The van der Waals surface area contributed by atoms with E-state index in [1.165, 1.54) is 0 Å². The molecule has 2 aromatic carbocycles. The molecule has 5 heteroatoms. The summed E-state index contributed by atoms with van der Waals surface area (Å²) in [6.07, 6.45) is 0. The van der Waals surface area contributed by atoms with Gasteiger partial charge in [-0.2, -0.15) is 0 Å². The third-order valence-electron chi connectivity index (χ3n) is 4.15. The molecule has 0 aliphatic heterocycles. The van der Waals surface area contributed by atoms with Gasteiger partial charge < -0.3 is 15.0 Å². The Kier molecular flexibility index (Phi) is 6.42. The van der Waals surface area contributed by atoms with Crippen LogP contribution in [0.4, 0.5) is 11.4 Å². The molecule has 2 rings (SSSR count). The standard InChI is InChI=1S/C20H27N3O2/c1-14(18-8-6-7-9-19(18)25-5)21-15(2)20(24)22-16-10-12-17(13-11-16)23(3)4/h6-15,21H,1-5H3,(H,22,24)/t14-,15+/m1/s1. The van der Waals surface area contributed by atoms with Gasteiger partial charge in [0.05, 0.1) is 13.2 Å². The summed E-state index contributed by atoms with van der Waals surface area (Å²) < 4.78 is 5.39. The molecule has 0 saturated heterocycles. The maximum Gasteiger partial charge on any atom is 0.241 e. The van der Waals surface area contributed by atoms with Crippen LogP contribution in [0.3, 0.4) is 0 Å². The van der Waals surface area contributed by atoms with Gasteiger partial charge in [-0.3, -0.25) is 10.1 Å². The zero-order valence-corrected chi connectivity index (χ0v) is 15.5. The Bertz CT molecular complexity index is 698. The summed E-state index contributed by atoms with van der Waals surface area (Å²) in [5.74, 6) is 0.744. The lowest BCUT2D eigenvalue weighted by Gasteiger charge is -2.21.